The molecule has 0 radical (unpaired) electrons. The van der Waals surface area contributed by atoms with Crippen LogP contribution in [-0.2, 0) is 4.79 Å². The van der Waals surface area contributed by atoms with Crippen molar-refractivity contribution in [1.29, 1.82) is 0 Å². The number of carbonyl (C=O) groups excluding carboxylic acids is 1. The molecule has 1 atom stereocenters. The van der Waals surface area contributed by atoms with Crippen LogP contribution in [0.4, 0.5) is 4.79 Å². The Morgan fingerprint density at radius 2 is 2.00 bits per heavy atom. The van der Waals surface area contributed by atoms with Gasteiger partial charge in [0.15, 0.2) is 0 Å². The van der Waals surface area contributed by atoms with Crippen molar-refractivity contribution in [3.8, 4) is 12.3 Å². The molecule has 2 N–H and O–H groups in total. The molecule has 2 amide bonds. The summed E-state index contributed by atoms with van der Waals surface area (Å²) >= 11 is 0. The maximum absolute atomic E-state index is 11.5. The second-order valence-corrected chi connectivity index (χ2v) is 3.82. The molecular formula is C10H16N2O3. The van der Waals surface area contributed by atoms with Gasteiger partial charge in [0.05, 0.1) is 5.54 Å². The van der Waals surface area contributed by atoms with Crippen molar-refractivity contribution < 1.29 is 14.7 Å². The third-order valence-corrected chi connectivity index (χ3v) is 2.04. The predicted octanol–water partition coefficient (Wildman–Crippen LogP) is 0.513. The Kier molecular flexibility index (Phi) is 4.16. The number of nitrogens with one attached hydrogen (secondary N) is 1. The summed E-state index contributed by atoms with van der Waals surface area (Å²) < 4.78 is 0. The third-order valence-electron chi connectivity index (χ3n) is 2.04. The lowest BCUT2D eigenvalue weighted by atomic mass is 10.1. The van der Waals surface area contributed by atoms with Crippen LogP contribution in [0.25, 0.3) is 0 Å². The molecule has 0 aliphatic rings. The highest BCUT2D eigenvalue weighted by Gasteiger charge is 2.25. The largest absolute Gasteiger partial charge is 0.480 e. The summed E-state index contributed by atoms with van der Waals surface area (Å²) in [4.78, 5) is 23.2. The van der Waals surface area contributed by atoms with Crippen LogP contribution >= 0.6 is 0 Å². The van der Waals surface area contributed by atoms with Crippen LogP contribution in [0.3, 0.4) is 0 Å². The number of carboxylic acid groups (broad SMARTS) is 1. The third kappa shape index (κ3) is 3.90. The zero-order chi connectivity index (χ0) is 12.2. The lowest BCUT2D eigenvalue weighted by Gasteiger charge is -2.27. The SMILES string of the molecule is C#CC(C)(C)NC(=O)N(C)C(C)C(=O)O. The van der Waals surface area contributed by atoms with Crippen LogP contribution in [0.5, 0.6) is 0 Å². The zero-order valence-electron chi connectivity index (χ0n) is 9.37. The number of terminal acetylenes is 1. The molecule has 84 valence electrons. The number of carbonyl (C=O) groups is 2. The molecule has 5 heteroatoms. The summed E-state index contributed by atoms with van der Waals surface area (Å²) in [7, 11) is 1.40. The summed E-state index contributed by atoms with van der Waals surface area (Å²) in [6.45, 7) is 4.74. The van der Waals surface area contributed by atoms with Gasteiger partial charge in [0.25, 0.3) is 0 Å². The molecule has 0 saturated heterocycles. The monoisotopic (exact) mass is 212 g/mol. The number of amides is 2. The Balaban J connectivity index is 4.49. The second-order valence-electron chi connectivity index (χ2n) is 3.82. The number of hydrogen-bond acceptors (Lipinski definition) is 2. The smallest absolute Gasteiger partial charge is 0.326 e. The van der Waals surface area contributed by atoms with E-state index in [0.29, 0.717) is 0 Å². The number of urea groups is 1. The molecule has 15 heavy (non-hydrogen) atoms. The lowest BCUT2D eigenvalue weighted by Crippen LogP contribution is -2.52. The summed E-state index contributed by atoms with van der Waals surface area (Å²) in [5.41, 5.74) is -0.788. The molecule has 0 aromatic heterocycles. The van der Waals surface area contributed by atoms with Gasteiger partial charge in [0, 0.05) is 7.05 Å². The van der Waals surface area contributed by atoms with Crippen LogP contribution in [0, 0.1) is 12.3 Å². The molecule has 0 aromatic rings. The summed E-state index contributed by atoms with van der Waals surface area (Å²) in [6, 6.07) is -1.40. The van der Waals surface area contributed by atoms with Gasteiger partial charge in [0.2, 0.25) is 0 Å². The van der Waals surface area contributed by atoms with Gasteiger partial charge in [-0.05, 0) is 20.8 Å². The van der Waals surface area contributed by atoms with Crippen LogP contribution in [-0.4, -0.2) is 40.6 Å². The Bertz CT molecular complexity index is 304. The topological polar surface area (TPSA) is 69.6 Å². The minimum atomic E-state index is -1.06. The Hall–Kier alpha value is -1.70. The molecule has 0 bridgehead atoms. The van der Waals surface area contributed by atoms with E-state index in [4.69, 9.17) is 11.5 Å². The Morgan fingerprint density at radius 1 is 1.53 bits per heavy atom. The fourth-order valence-electron chi connectivity index (χ4n) is 0.733. The zero-order valence-corrected chi connectivity index (χ0v) is 9.37. The van der Waals surface area contributed by atoms with Crippen LogP contribution < -0.4 is 5.32 Å². The number of likely N-dealkylation sites (N-methyl/N-ethyl adjacent to an activating group) is 1. The molecule has 0 rings (SSSR count). The van der Waals surface area contributed by atoms with Crippen molar-refractivity contribution in [1.82, 2.24) is 10.2 Å². The van der Waals surface area contributed by atoms with Gasteiger partial charge in [0.1, 0.15) is 6.04 Å². The summed E-state index contributed by atoms with van der Waals surface area (Å²) in [5.74, 6) is 1.33. The highest BCUT2D eigenvalue weighted by Crippen LogP contribution is 2.02. The van der Waals surface area contributed by atoms with E-state index >= 15 is 0 Å². The van der Waals surface area contributed by atoms with Gasteiger partial charge in [-0.3, -0.25) is 0 Å². The molecule has 0 aromatic carbocycles. The van der Waals surface area contributed by atoms with Gasteiger partial charge < -0.3 is 15.3 Å². The molecule has 0 aliphatic carbocycles. The van der Waals surface area contributed by atoms with E-state index in [1.165, 1.54) is 14.0 Å². The number of rotatable bonds is 3. The van der Waals surface area contributed by atoms with Crippen molar-refractivity contribution in [2.75, 3.05) is 7.05 Å². The molecular weight excluding hydrogens is 196 g/mol. The average molecular weight is 212 g/mol. The summed E-state index contributed by atoms with van der Waals surface area (Å²) in [5, 5.41) is 11.2. The van der Waals surface area contributed by atoms with E-state index in [-0.39, 0.29) is 0 Å². The minimum absolute atomic E-state index is 0.507. The number of aliphatic carboxylic acids is 1. The summed E-state index contributed by atoms with van der Waals surface area (Å²) in [6.07, 6.45) is 5.19. The molecule has 1 unspecified atom stereocenters. The van der Waals surface area contributed by atoms with Gasteiger partial charge in [-0.1, -0.05) is 5.92 Å². The lowest BCUT2D eigenvalue weighted by molar-refractivity contribution is -0.141. The molecule has 0 heterocycles. The van der Waals surface area contributed by atoms with Crippen LogP contribution in [0.2, 0.25) is 0 Å². The minimum Gasteiger partial charge on any atom is -0.480 e. The first-order chi connectivity index (χ1) is 6.71. The fraction of sp³-hybridized carbons (Fsp3) is 0.600. The van der Waals surface area contributed by atoms with Gasteiger partial charge in [-0.15, -0.1) is 6.42 Å². The van der Waals surface area contributed by atoms with E-state index < -0.39 is 23.6 Å². The van der Waals surface area contributed by atoms with Crippen LogP contribution in [0.1, 0.15) is 20.8 Å². The van der Waals surface area contributed by atoms with Crippen molar-refractivity contribution >= 4 is 12.0 Å². The van der Waals surface area contributed by atoms with E-state index in [1.54, 1.807) is 13.8 Å². The molecule has 0 aliphatic heterocycles. The predicted molar refractivity (Wildman–Crippen MR) is 56.3 cm³/mol. The van der Waals surface area contributed by atoms with E-state index in [0.717, 1.165) is 4.90 Å². The number of hydrogen-bond donors (Lipinski definition) is 2. The first-order valence-corrected chi connectivity index (χ1v) is 4.47. The van der Waals surface area contributed by atoms with Crippen molar-refractivity contribution in [2.24, 2.45) is 0 Å². The molecule has 5 nitrogen and oxygen atoms in total. The average Bonchev–Trinajstić information content (AvgIpc) is 2.14. The van der Waals surface area contributed by atoms with Crippen LogP contribution in [0.15, 0.2) is 0 Å². The Labute approximate surface area is 89.4 Å². The molecule has 0 fully saturated rings. The van der Waals surface area contributed by atoms with Crippen molar-refractivity contribution in [2.45, 2.75) is 32.4 Å². The van der Waals surface area contributed by atoms with E-state index in [2.05, 4.69) is 11.2 Å². The van der Waals surface area contributed by atoms with E-state index in [1.807, 2.05) is 0 Å². The first-order valence-electron chi connectivity index (χ1n) is 4.47. The molecule has 0 spiro atoms. The fourth-order valence-corrected chi connectivity index (χ4v) is 0.733. The van der Waals surface area contributed by atoms with E-state index in [9.17, 15) is 9.59 Å². The van der Waals surface area contributed by atoms with Crippen molar-refractivity contribution in [3.05, 3.63) is 0 Å². The maximum atomic E-state index is 11.5. The van der Waals surface area contributed by atoms with Crippen molar-refractivity contribution in [3.63, 3.8) is 0 Å². The number of carboxylic acids is 1. The quantitative estimate of drug-likeness (QED) is 0.670. The first kappa shape index (κ1) is 13.3. The standard InChI is InChI=1S/C10H16N2O3/c1-6-10(3,4)11-9(15)12(5)7(2)8(13)14/h1,7H,2-5H3,(H,11,15)(H,13,14). The second kappa shape index (κ2) is 4.69. The highest BCUT2D eigenvalue weighted by atomic mass is 16.4. The molecule has 0 saturated carbocycles. The van der Waals surface area contributed by atoms with Gasteiger partial charge in [-0.25, -0.2) is 9.59 Å². The normalized spacial score (nSPS) is 12.5. The Morgan fingerprint density at radius 3 is 2.33 bits per heavy atom. The maximum Gasteiger partial charge on any atom is 0.326 e. The van der Waals surface area contributed by atoms with Gasteiger partial charge in [-0.2, -0.15) is 0 Å². The highest BCUT2D eigenvalue weighted by molar-refractivity contribution is 5.82. The number of nitrogens with zero attached hydrogens (tertiary/aromatic N) is 1. The van der Waals surface area contributed by atoms with Gasteiger partial charge >= 0.3 is 12.0 Å².